The fraction of sp³-hybridized carbons (Fsp3) is 0.696. The van der Waals surface area contributed by atoms with E-state index in [2.05, 4.69) is 6.92 Å². The molecule has 32 heavy (non-hydrogen) atoms. The Labute approximate surface area is 189 Å². The topological polar surface area (TPSA) is 106 Å². The lowest BCUT2D eigenvalue weighted by atomic mass is 10.0. The van der Waals surface area contributed by atoms with Gasteiger partial charge in [-0.3, -0.25) is 10.1 Å². The number of nitro benzene ring substituents is 1. The number of ether oxygens (including phenoxy) is 5. The summed E-state index contributed by atoms with van der Waals surface area (Å²) in [6, 6.07) is 5.20. The molecule has 0 saturated carbocycles. The van der Waals surface area contributed by atoms with Gasteiger partial charge in [-0.05, 0) is 53.2 Å². The molecule has 1 aromatic rings. The number of hydrogen-bond acceptors (Lipinski definition) is 8. The molecule has 3 atom stereocenters. The number of nitrogens with zero attached hydrogens (tertiary/aromatic N) is 1. The summed E-state index contributed by atoms with van der Waals surface area (Å²) in [7, 11) is 0. The average Bonchev–Trinajstić information content (AvgIpc) is 3.04. The summed E-state index contributed by atoms with van der Waals surface area (Å²) in [5.41, 5.74) is -0.563. The van der Waals surface area contributed by atoms with E-state index >= 15 is 0 Å². The van der Waals surface area contributed by atoms with Crippen molar-refractivity contribution in [3.8, 4) is 5.75 Å². The van der Waals surface area contributed by atoms with Crippen LogP contribution in [0.4, 0.5) is 10.5 Å². The van der Waals surface area contributed by atoms with E-state index in [1.54, 1.807) is 13.8 Å². The molecule has 0 bridgehead atoms. The van der Waals surface area contributed by atoms with Gasteiger partial charge in [-0.1, -0.05) is 26.2 Å². The van der Waals surface area contributed by atoms with Crippen molar-refractivity contribution in [3.63, 3.8) is 0 Å². The minimum absolute atomic E-state index is 0.100. The molecule has 9 nitrogen and oxygen atoms in total. The molecule has 3 unspecified atom stereocenters. The molecule has 0 amide bonds. The first-order chi connectivity index (χ1) is 14.9. The van der Waals surface area contributed by atoms with Crippen molar-refractivity contribution in [2.45, 2.75) is 96.9 Å². The van der Waals surface area contributed by atoms with Crippen molar-refractivity contribution in [2.24, 2.45) is 0 Å². The van der Waals surface area contributed by atoms with Crippen LogP contribution >= 0.6 is 0 Å². The molecule has 0 spiro atoms. The Bertz CT molecular complexity index is 756. The number of unbranched alkanes of at least 4 members (excludes halogenated alkanes) is 2. The smallest absolute Gasteiger partial charge is 0.425 e. The maximum Gasteiger partial charge on any atom is 0.514 e. The van der Waals surface area contributed by atoms with Crippen LogP contribution in [0.2, 0.25) is 0 Å². The summed E-state index contributed by atoms with van der Waals surface area (Å²) in [6.07, 6.45) is 1.03. The minimum atomic E-state index is -0.935. The normalized spacial score (nSPS) is 19.9. The third-order valence-corrected chi connectivity index (χ3v) is 4.84. The lowest BCUT2D eigenvalue weighted by Gasteiger charge is -2.35. The van der Waals surface area contributed by atoms with E-state index in [0.29, 0.717) is 6.42 Å². The van der Waals surface area contributed by atoms with Crippen LogP contribution < -0.4 is 4.74 Å². The summed E-state index contributed by atoms with van der Waals surface area (Å²) in [6.45, 7) is 11.8. The molecule has 9 heteroatoms. The largest absolute Gasteiger partial charge is 0.514 e. The predicted octanol–water partition coefficient (Wildman–Crippen LogP) is 5.39. The second kappa shape index (κ2) is 11.1. The molecule has 1 aromatic carbocycles. The lowest BCUT2D eigenvalue weighted by Crippen LogP contribution is -2.47. The van der Waals surface area contributed by atoms with Gasteiger partial charge in [0.2, 0.25) is 0 Å². The molecular formula is C23H35NO8. The summed E-state index contributed by atoms with van der Waals surface area (Å²) < 4.78 is 29.0. The van der Waals surface area contributed by atoms with E-state index in [0.717, 1.165) is 19.3 Å². The van der Waals surface area contributed by atoms with Gasteiger partial charge in [0.05, 0.1) is 23.2 Å². The number of nitro groups is 1. The number of non-ortho nitro benzene ring substituents is 1. The molecule has 1 fully saturated rings. The first-order valence-electron chi connectivity index (χ1n) is 11.0. The number of rotatable bonds is 10. The highest BCUT2D eigenvalue weighted by Gasteiger charge is 2.44. The van der Waals surface area contributed by atoms with Crippen molar-refractivity contribution < 1.29 is 33.4 Å². The van der Waals surface area contributed by atoms with Crippen molar-refractivity contribution in [3.05, 3.63) is 34.4 Å². The standard InChI is InChI=1S/C23H35NO8/c1-7-8-9-10-18(31-22(2,3)4)20(19-15-28-23(5,6)32-19)30-21(25)29-17-13-11-16(12-14-17)24(26)27/h11-14,18-20H,7-10,15H2,1-6H3. The lowest BCUT2D eigenvalue weighted by molar-refractivity contribution is -0.384. The Morgan fingerprint density at radius 1 is 1.25 bits per heavy atom. The fourth-order valence-corrected chi connectivity index (χ4v) is 3.48. The van der Waals surface area contributed by atoms with Crippen molar-refractivity contribution in [1.29, 1.82) is 0 Å². The van der Waals surface area contributed by atoms with Crippen LogP contribution in [0.1, 0.15) is 67.2 Å². The van der Waals surface area contributed by atoms with Gasteiger partial charge in [-0.2, -0.15) is 0 Å². The van der Waals surface area contributed by atoms with Gasteiger partial charge < -0.3 is 23.7 Å². The first-order valence-corrected chi connectivity index (χ1v) is 11.0. The molecule has 1 heterocycles. The molecule has 0 N–H and O–H groups in total. The van der Waals surface area contributed by atoms with Gasteiger partial charge in [0.1, 0.15) is 11.9 Å². The van der Waals surface area contributed by atoms with Crippen molar-refractivity contribution in [2.75, 3.05) is 6.61 Å². The maximum atomic E-state index is 12.6. The number of hydrogen-bond donors (Lipinski definition) is 0. The number of carbonyl (C=O) groups excluding carboxylic acids is 1. The Balaban J connectivity index is 2.18. The Kier molecular flexibility index (Phi) is 9.00. The third-order valence-electron chi connectivity index (χ3n) is 4.84. The van der Waals surface area contributed by atoms with E-state index in [-0.39, 0.29) is 18.0 Å². The van der Waals surface area contributed by atoms with E-state index in [1.807, 2.05) is 20.8 Å². The minimum Gasteiger partial charge on any atom is -0.425 e. The quantitative estimate of drug-likeness (QED) is 0.152. The summed E-state index contributed by atoms with van der Waals surface area (Å²) >= 11 is 0. The monoisotopic (exact) mass is 453 g/mol. The maximum absolute atomic E-state index is 12.6. The van der Waals surface area contributed by atoms with Crippen molar-refractivity contribution >= 4 is 11.8 Å². The van der Waals surface area contributed by atoms with Crippen LogP contribution in [0.3, 0.4) is 0 Å². The third kappa shape index (κ3) is 8.37. The van der Waals surface area contributed by atoms with Crippen LogP contribution in [-0.4, -0.2) is 47.4 Å². The number of carbonyl (C=O) groups is 1. The zero-order chi connectivity index (χ0) is 23.9. The molecule has 1 aliphatic rings. The van der Waals surface area contributed by atoms with Crippen LogP contribution in [-0.2, 0) is 18.9 Å². The number of benzene rings is 1. The highest BCUT2D eigenvalue weighted by atomic mass is 16.8. The van der Waals surface area contributed by atoms with Crippen LogP contribution in [0, 0.1) is 10.1 Å². The van der Waals surface area contributed by atoms with Gasteiger partial charge in [-0.25, -0.2) is 4.79 Å². The second-order valence-electron chi connectivity index (χ2n) is 9.32. The molecule has 1 aliphatic heterocycles. The van der Waals surface area contributed by atoms with Gasteiger partial charge in [0, 0.05) is 12.1 Å². The zero-order valence-electron chi connectivity index (χ0n) is 19.8. The van der Waals surface area contributed by atoms with Gasteiger partial charge >= 0.3 is 6.16 Å². The highest BCUT2D eigenvalue weighted by Crippen LogP contribution is 2.31. The molecule has 1 saturated heterocycles. The van der Waals surface area contributed by atoms with Crippen LogP contribution in [0.15, 0.2) is 24.3 Å². The predicted molar refractivity (Wildman–Crippen MR) is 118 cm³/mol. The molecule has 0 radical (unpaired) electrons. The second-order valence-corrected chi connectivity index (χ2v) is 9.32. The summed E-state index contributed by atoms with van der Waals surface area (Å²) in [5, 5.41) is 10.8. The van der Waals surface area contributed by atoms with Crippen molar-refractivity contribution in [1.82, 2.24) is 0 Å². The molecule has 180 valence electrons. The van der Waals surface area contributed by atoms with Gasteiger partial charge in [-0.15, -0.1) is 0 Å². The van der Waals surface area contributed by atoms with E-state index < -0.39 is 40.8 Å². The summed E-state index contributed by atoms with van der Waals surface area (Å²) in [4.78, 5) is 22.9. The van der Waals surface area contributed by atoms with E-state index in [4.69, 9.17) is 23.7 Å². The van der Waals surface area contributed by atoms with E-state index in [1.165, 1.54) is 24.3 Å². The Morgan fingerprint density at radius 3 is 2.41 bits per heavy atom. The molecule has 0 aliphatic carbocycles. The molecule has 0 aromatic heterocycles. The van der Waals surface area contributed by atoms with Gasteiger partial charge in [0.15, 0.2) is 11.9 Å². The SMILES string of the molecule is CCCCCC(OC(C)(C)C)C(OC(=O)Oc1ccc([N+](=O)[O-])cc1)C1COC(C)(C)O1. The average molecular weight is 454 g/mol. The van der Waals surface area contributed by atoms with Gasteiger partial charge in [0.25, 0.3) is 5.69 Å². The zero-order valence-corrected chi connectivity index (χ0v) is 19.8. The van der Waals surface area contributed by atoms with Crippen LogP contribution in [0.25, 0.3) is 0 Å². The molecular weight excluding hydrogens is 418 g/mol. The molecule has 2 rings (SSSR count). The highest BCUT2D eigenvalue weighted by molar-refractivity contribution is 5.64. The fourth-order valence-electron chi connectivity index (χ4n) is 3.48. The van der Waals surface area contributed by atoms with E-state index in [9.17, 15) is 14.9 Å². The Morgan fingerprint density at radius 2 is 1.91 bits per heavy atom. The van der Waals surface area contributed by atoms with Crippen LogP contribution in [0.5, 0.6) is 5.75 Å². The first kappa shape index (κ1) is 26.0. The Hall–Kier alpha value is -2.23. The summed E-state index contributed by atoms with van der Waals surface area (Å²) in [5.74, 6) is -0.660.